The maximum absolute atomic E-state index is 12.7. The van der Waals surface area contributed by atoms with Gasteiger partial charge in [-0.15, -0.1) is 12.4 Å². The Morgan fingerprint density at radius 3 is 2.44 bits per heavy atom. The molecule has 13 heteroatoms. The summed E-state index contributed by atoms with van der Waals surface area (Å²) < 4.78 is 48.7. The van der Waals surface area contributed by atoms with E-state index < -0.39 is 34.9 Å². The molecule has 1 aliphatic heterocycles. The van der Waals surface area contributed by atoms with Crippen LogP contribution in [-0.2, 0) is 33.3 Å². The van der Waals surface area contributed by atoms with E-state index in [0.29, 0.717) is 46.4 Å². The molecule has 254 valence electrons. The summed E-state index contributed by atoms with van der Waals surface area (Å²) in [5.41, 5.74) is 1.25. The number of aliphatic hydroxyl groups excluding tert-OH is 1. The molecule has 3 aliphatic rings. The number of phenols is 2. The van der Waals surface area contributed by atoms with E-state index in [1.54, 1.807) is 30.3 Å². The van der Waals surface area contributed by atoms with Crippen LogP contribution in [0.25, 0.3) is 5.57 Å². The topological polar surface area (TPSA) is 146 Å². The van der Waals surface area contributed by atoms with Crippen LogP contribution in [0.15, 0.2) is 96.0 Å². The molecular weight excluding hydrogens is 655 g/mol. The highest BCUT2D eigenvalue weighted by Gasteiger charge is 2.48. The molecule has 48 heavy (non-hydrogen) atoms. The average molecular weight is 688 g/mol. The number of carbonyl (C=O) groups excluding carboxylic acids is 2. The van der Waals surface area contributed by atoms with Crippen molar-refractivity contribution in [2.24, 2.45) is 0 Å². The number of aromatic hydroxyl groups is 2. The number of benzene rings is 3. The fourth-order valence-corrected chi connectivity index (χ4v) is 5.67. The van der Waals surface area contributed by atoms with E-state index in [2.05, 4.69) is 5.32 Å². The van der Waals surface area contributed by atoms with E-state index in [1.807, 2.05) is 13.0 Å². The van der Waals surface area contributed by atoms with Crippen LogP contribution in [0.4, 0.5) is 13.2 Å². The lowest BCUT2D eigenvalue weighted by Crippen LogP contribution is -2.39. The number of allylic oxidation sites excluding steroid dienone is 2. The Morgan fingerprint density at radius 1 is 1.02 bits per heavy atom. The predicted molar refractivity (Wildman–Crippen MR) is 172 cm³/mol. The van der Waals surface area contributed by atoms with Gasteiger partial charge in [0.2, 0.25) is 11.5 Å². The number of phenolic OH excluding ortho intramolecular Hbond substituents is 2. The van der Waals surface area contributed by atoms with E-state index in [0.717, 1.165) is 12.1 Å². The zero-order valence-corrected chi connectivity index (χ0v) is 26.4. The van der Waals surface area contributed by atoms with Gasteiger partial charge in [0.05, 0.1) is 11.1 Å². The number of alkyl halides is 3. The standard InChI is InChI=1S/C19H20F3NO2.C16H12O6.ClH/c1-14(12-15-6-5-9-17(13-15)19(20,21)22)23-10-11-25-18(24)16-7-3-2-4-8-16;17-10-2-1-8-13-9-4-12(19)11(18)3-7(9)5-16(13,21)6-22-15(8)14(10)20;/h2-9,13-14,23H,10-12H2,1H3;1-4,18-21H,5-6H2;1H. The third kappa shape index (κ3) is 7.84. The molecule has 2 aliphatic carbocycles. The predicted octanol–water partition coefficient (Wildman–Crippen LogP) is 5.58. The maximum atomic E-state index is 12.7. The van der Waals surface area contributed by atoms with Gasteiger partial charge in [-0.05, 0) is 72.5 Å². The quantitative estimate of drug-likeness (QED) is 0.122. The minimum Gasteiger partial charge on any atom is -0.504 e. The van der Waals surface area contributed by atoms with Crippen molar-refractivity contribution in [3.63, 3.8) is 0 Å². The summed E-state index contributed by atoms with van der Waals surface area (Å²) in [7, 11) is 0. The summed E-state index contributed by atoms with van der Waals surface area (Å²) in [5.74, 6) is -1.98. The summed E-state index contributed by atoms with van der Waals surface area (Å²) >= 11 is 0. The molecule has 0 spiro atoms. The number of ketones is 1. The Bertz CT molecular complexity index is 1790. The highest BCUT2D eigenvalue weighted by Crippen LogP contribution is 2.50. The molecule has 9 nitrogen and oxygen atoms in total. The number of ether oxygens (including phenoxy) is 2. The Morgan fingerprint density at radius 2 is 1.73 bits per heavy atom. The van der Waals surface area contributed by atoms with Crippen molar-refractivity contribution in [1.29, 1.82) is 0 Å². The molecule has 0 saturated heterocycles. The van der Waals surface area contributed by atoms with Crippen molar-refractivity contribution in [2.75, 3.05) is 19.8 Å². The van der Waals surface area contributed by atoms with Crippen LogP contribution in [0.2, 0.25) is 0 Å². The number of rotatable bonds is 7. The molecule has 5 N–H and O–H groups in total. The van der Waals surface area contributed by atoms with Gasteiger partial charge >= 0.3 is 12.1 Å². The normalized spacial score (nSPS) is 18.4. The van der Waals surface area contributed by atoms with E-state index in [9.17, 15) is 43.2 Å². The van der Waals surface area contributed by atoms with Crippen molar-refractivity contribution in [3.8, 4) is 11.5 Å². The van der Waals surface area contributed by atoms with Gasteiger partial charge in [-0.25, -0.2) is 4.79 Å². The molecule has 0 aromatic heterocycles. The number of halogens is 4. The molecule has 3 aromatic carbocycles. The van der Waals surface area contributed by atoms with Crippen molar-refractivity contribution >= 4 is 29.7 Å². The van der Waals surface area contributed by atoms with Crippen molar-refractivity contribution in [2.45, 2.75) is 37.6 Å². The number of fused-ring (bicyclic) bond motifs is 4. The molecule has 0 bridgehead atoms. The average Bonchev–Trinajstić information content (AvgIpc) is 3.32. The second-order valence-electron chi connectivity index (χ2n) is 11.4. The minimum absolute atomic E-state index is 0. The zero-order valence-electron chi connectivity index (χ0n) is 25.6. The summed E-state index contributed by atoms with van der Waals surface area (Å²) in [6.45, 7) is 2.38. The molecule has 0 fully saturated rings. The number of hydrogen-bond acceptors (Lipinski definition) is 9. The molecule has 1 heterocycles. The van der Waals surface area contributed by atoms with Gasteiger partial charge in [0.25, 0.3) is 0 Å². The fraction of sp³-hybridized carbons (Fsp3) is 0.257. The lowest BCUT2D eigenvalue weighted by molar-refractivity contribution is -0.137. The van der Waals surface area contributed by atoms with E-state index in [1.165, 1.54) is 30.4 Å². The summed E-state index contributed by atoms with van der Waals surface area (Å²) in [6.07, 6.45) is -0.982. The molecular formula is C35H33ClF3NO8. The third-order valence-corrected chi connectivity index (χ3v) is 7.87. The van der Waals surface area contributed by atoms with Gasteiger partial charge in [-0.3, -0.25) is 4.79 Å². The minimum atomic E-state index is -4.34. The third-order valence-electron chi connectivity index (χ3n) is 7.87. The molecule has 0 radical (unpaired) electrons. The highest BCUT2D eigenvalue weighted by atomic mass is 35.5. The Hall–Kier alpha value is -4.78. The van der Waals surface area contributed by atoms with Gasteiger partial charge in [0.15, 0.2) is 17.3 Å². The van der Waals surface area contributed by atoms with E-state index in [4.69, 9.17) is 9.47 Å². The first-order valence-corrected chi connectivity index (χ1v) is 14.7. The first-order valence-electron chi connectivity index (χ1n) is 14.7. The molecule has 2 atom stereocenters. The van der Waals surface area contributed by atoms with Gasteiger partial charge in [0, 0.05) is 30.2 Å². The second-order valence-corrected chi connectivity index (χ2v) is 11.4. The van der Waals surface area contributed by atoms with Crippen LogP contribution in [0.3, 0.4) is 0 Å². The first kappa shape index (κ1) is 36.1. The fourth-order valence-electron chi connectivity index (χ4n) is 5.67. The van der Waals surface area contributed by atoms with Gasteiger partial charge in [0.1, 0.15) is 18.8 Å². The van der Waals surface area contributed by atoms with Crippen molar-refractivity contribution < 1.29 is 52.7 Å². The first-order chi connectivity index (χ1) is 22.3. The molecule has 2 unspecified atom stereocenters. The molecule has 0 saturated carbocycles. The molecule has 3 aromatic rings. The van der Waals surface area contributed by atoms with Crippen LogP contribution in [0.1, 0.15) is 39.5 Å². The van der Waals surface area contributed by atoms with Gasteiger partial charge < -0.3 is 35.2 Å². The maximum Gasteiger partial charge on any atom is 0.416 e. The Labute approximate surface area is 280 Å². The van der Waals surface area contributed by atoms with Gasteiger partial charge in [-0.1, -0.05) is 36.4 Å². The Balaban J connectivity index is 0.000000213. The van der Waals surface area contributed by atoms with Crippen LogP contribution >= 0.6 is 12.4 Å². The highest BCUT2D eigenvalue weighted by molar-refractivity contribution is 6.06. The summed E-state index contributed by atoms with van der Waals surface area (Å²) in [6, 6.07) is 16.7. The van der Waals surface area contributed by atoms with Crippen LogP contribution in [0.5, 0.6) is 11.5 Å². The molecule has 0 amide bonds. The number of nitrogens with one attached hydrogen (secondary N) is 1. The number of hydrogen-bond donors (Lipinski definition) is 5. The van der Waals surface area contributed by atoms with Crippen molar-refractivity contribution in [3.05, 3.63) is 124 Å². The largest absolute Gasteiger partial charge is 0.504 e. The number of aliphatic hydroxyl groups is 2. The van der Waals surface area contributed by atoms with E-state index in [-0.39, 0.29) is 55.3 Å². The smallest absolute Gasteiger partial charge is 0.416 e. The second kappa shape index (κ2) is 14.5. The summed E-state index contributed by atoms with van der Waals surface area (Å²) in [4.78, 5) is 23.3. The van der Waals surface area contributed by atoms with Crippen LogP contribution in [0, 0.1) is 0 Å². The Kier molecular flexibility index (Phi) is 10.9. The van der Waals surface area contributed by atoms with Crippen LogP contribution in [-0.4, -0.2) is 63.6 Å². The zero-order chi connectivity index (χ0) is 33.9. The van der Waals surface area contributed by atoms with Gasteiger partial charge in [-0.2, -0.15) is 13.2 Å². The molecule has 6 rings (SSSR count). The monoisotopic (exact) mass is 687 g/mol. The summed E-state index contributed by atoms with van der Waals surface area (Å²) in [5, 5.41) is 43.2. The number of esters is 1. The number of carbonyl (C=O) groups is 2. The van der Waals surface area contributed by atoms with Crippen molar-refractivity contribution in [1.82, 2.24) is 5.32 Å². The van der Waals surface area contributed by atoms with Crippen LogP contribution < -0.4 is 5.32 Å². The SMILES string of the molecule is CC(Cc1cccc(C(F)(F)F)c1)NCCOC(=O)c1ccccc1.Cl.O=C1C=CC2=C3c4cc(O)c(O)cc4CC3(O)COC2=C1O. The van der Waals surface area contributed by atoms with E-state index >= 15 is 0 Å². The lowest BCUT2D eigenvalue weighted by Gasteiger charge is -2.33. The lowest BCUT2D eigenvalue weighted by atomic mass is 9.85.